The van der Waals surface area contributed by atoms with Crippen molar-refractivity contribution in [2.75, 3.05) is 19.8 Å². The molecule has 0 unspecified atom stereocenters. The molecule has 8 atom stereocenters. The molecule has 7 aromatic carbocycles. The van der Waals surface area contributed by atoms with Gasteiger partial charge in [-0.15, -0.1) is 0 Å². The van der Waals surface area contributed by atoms with Crippen molar-refractivity contribution in [3.8, 4) is 0 Å². The van der Waals surface area contributed by atoms with Crippen molar-refractivity contribution in [3.63, 3.8) is 0 Å². The molecule has 75 heavy (non-hydrogen) atoms. The van der Waals surface area contributed by atoms with Crippen LogP contribution in [-0.4, -0.2) is 68.7 Å². The predicted octanol–water partition coefficient (Wildman–Crippen LogP) is 14.0. The number of hydrogen-bond acceptors (Lipinski definition) is 8. The number of unbranched alkanes of at least 4 members (excludes halogenated alkanes) is 5. The van der Waals surface area contributed by atoms with Crippen LogP contribution in [0, 0.1) is 0 Å². The van der Waals surface area contributed by atoms with Gasteiger partial charge in [-0.25, -0.2) is 0 Å². The summed E-state index contributed by atoms with van der Waals surface area (Å²) in [7, 11) is 0. The van der Waals surface area contributed by atoms with Gasteiger partial charge in [0.05, 0.1) is 51.8 Å². The second-order valence-electron chi connectivity index (χ2n) is 20.0. The first-order chi connectivity index (χ1) is 37.2. The van der Waals surface area contributed by atoms with Gasteiger partial charge < -0.3 is 37.9 Å². The van der Waals surface area contributed by atoms with Crippen molar-refractivity contribution in [2.24, 2.45) is 0 Å². The first-order valence-electron chi connectivity index (χ1n) is 27.5. The minimum absolute atomic E-state index is 0.218. The van der Waals surface area contributed by atoms with E-state index in [-0.39, 0.29) is 37.1 Å². The number of rotatable bonds is 30. The maximum Gasteiger partial charge on any atom is 0.143 e. The van der Waals surface area contributed by atoms with Gasteiger partial charge in [-0.2, -0.15) is 0 Å². The highest BCUT2D eigenvalue weighted by Gasteiger charge is 2.51. The first kappa shape index (κ1) is 54.0. The molecule has 9 rings (SSSR count). The van der Waals surface area contributed by atoms with Crippen LogP contribution in [0.4, 0.5) is 0 Å². The Labute approximate surface area is 446 Å². The Bertz CT molecular complexity index is 2510. The van der Waals surface area contributed by atoms with Crippen LogP contribution in [0.5, 0.6) is 0 Å². The molecular weight excluding hydrogens is 933 g/mol. The van der Waals surface area contributed by atoms with E-state index < -0.39 is 23.9 Å². The third-order valence-corrected chi connectivity index (χ3v) is 14.6. The monoisotopic (exact) mass is 1010 g/mol. The summed E-state index contributed by atoms with van der Waals surface area (Å²) >= 11 is 0. The van der Waals surface area contributed by atoms with Crippen LogP contribution in [0.25, 0.3) is 0 Å². The molecule has 392 valence electrons. The van der Waals surface area contributed by atoms with Crippen molar-refractivity contribution in [3.05, 3.63) is 251 Å². The van der Waals surface area contributed by atoms with Gasteiger partial charge in [-0.3, -0.25) is 0 Å². The van der Waals surface area contributed by atoms with Crippen molar-refractivity contribution >= 4 is 0 Å². The van der Waals surface area contributed by atoms with E-state index >= 15 is 0 Å². The molecule has 0 amide bonds. The lowest BCUT2D eigenvalue weighted by atomic mass is 9.80. The molecule has 2 saturated heterocycles. The third-order valence-electron chi connectivity index (χ3n) is 14.6. The Kier molecular flexibility index (Phi) is 20.8. The molecule has 8 nitrogen and oxygen atoms in total. The zero-order valence-electron chi connectivity index (χ0n) is 43.7. The fourth-order valence-electron chi connectivity index (χ4n) is 10.7. The highest BCUT2D eigenvalue weighted by Crippen LogP contribution is 2.43. The van der Waals surface area contributed by atoms with E-state index in [2.05, 4.69) is 165 Å². The van der Waals surface area contributed by atoms with E-state index in [1.54, 1.807) is 0 Å². The molecule has 0 saturated carbocycles. The largest absolute Gasteiger partial charge is 0.379 e. The van der Waals surface area contributed by atoms with Gasteiger partial charge in [-0.05, 0) is 58.2 Å². The first-order valence-corrected chi connectivity index (χ1v) is 27.5. The fourth-order valence-corrected chi connectivity index (χ4v) is 10.7. The molecule has 2 aliphatic heterocycles. The smallest absolute Gasteiger partial charge is 0.143 e. The molecular formula is C67H76O8. The maximum absolute atomic E-state index is 7.52. The van der Waals surface area contributed by atoms with Gasteiger partial charge in [0.2, 0.25) is 0 Å². The van der Waals surface area contributed by atoms with Gasteiger partial charge in [0.1, 0.15) is 42.2 Å². The number of ether oxygens (including phenoxy) is 8. The van der Waals surface area contributed by atoms with Crippen molar-refractivity contribution in [1.29, 1.82) is 0 Å². The fraction of sp³-hybridized carbons (Fsp3) is 0.373. The van der Waals surface area contributed by atoms with Crippen LogP contribution in [0.15, 0.2) is 212 Å². The summed E-state index contributed by atoms with van der Waals surface area (Å²) in [5.74, 6) is 0. The second-order valence-corrected chi connectivity index (χ2v) is 20.0. The Morgan fingerprint density at radius 2 is 0.653 bits per heavy atom. The summed E-state index contributed by atoms with van der Waals surface area (Å²) in [5.41, 5.74) is 6.42. The van der Waals surface area contributed by atoms with Crippen molar-refractivity contribution in [1.82, 2.24) is 0 Å². The second kappa shape index (κ2) is 28.9. The zero-order chi connectivity index (χ0) is 51.2. The summed E-state index contributed by atoms with van der Waals surface area (Å²) in [4.78, 5) is 0. The highest BCUT2D eigenvalue weighted by molar-refractivity contribution is 5.47. The van der Waals surface area contributed by atoms with E-state index in [9.17, 15) is 0 Å². The quantitative estimate of drug-likeness (QED) is 0.0326. The number of hydrogen-bond donors (Lipinski definition) is 0. The lowest BCUT2D eigenvalue weighted by Crippen LogP contribution is -2.42. The van der Waals surface area contributed by atoms with Gasteiger partial charge in [0.15, 0.2) is 0 Å². The molecule has 2 fully saturated rings. The molecule has 0 aromatic heterocycles. The van der Waals surface area contributed by atoms with Crippen molar-refractivity contribution in [2.45, 2.75) is 139 Å². The normalized spacial score (nSPS) is 21.6. The van der Waals surface area contributed by atoms with Crippen LogP contribution in [0.3, 0.4) is 0 Å². The van der Waals surface area contributed by atoms with Gasteiger partial charge >= 0.3 is 0 Å². The van der Waals surface area contributed by atoms with Crippen LogP contribution in [0.2, 0.25) is 0 Å². The summed E-state index contributed by atoms with van der Waals surface area (Å²) in [6.07, 6.45) is 5.19. The van der Waals surface area contributed by atoms with Crippen LogP contribution in [-0.2, 0) is 69.9 Å². The Morgan fingerprint density at radius 3 is 1.01 bits per heavy atom. The molecule has 7 aromatic rings. The van der Waals surface area contributed by atoms with E-state index in [0.29, 0.717) is 52.5 Å². The summed E-state index contributed by atoms with van der Waals surface area (Å²) in [6.45, 7) is 5.20. The molecule has 0 aliphatic carbocycles. The van der Waals surface area contributed by atoms with Crippen LogP contribution >= 0.6 is 0 Å². The van der Waals surface area contributed by atoms with E-state index in [1.807, 2.05) is 54.6 Å². The maximum atomic E-state index is 7.52. The van der Waals surface area contributed by atoms with E-state index in [0.717, 1.165) is 51.8 Å². The molecule has 0 N–H and O–H groups in total. The minimum Gasteiger partial charge on any atom is -0.379 e. The Balaban J connectivity index is 1.02. The predicted molar refractivity (Wildman–Crippen MR) is 296 cm³/mol. The Morgan fingerprint density at radius 1 is 0.347 bits per heavy atom. The Hall–Kier alpha value is -5.78. The lowest BCUT2D eigenvalue weighted by Gasteiger charge is -2.37. The third kappa shape index (κ3) is 15.0. The van der Waals surface area contributed by atoms with Crippen molar-refractivity contribution < 1.29 is 37.9 Å². The number of benzene rings is 7. The van der Waals surface area contributed by atoms with E-state index in [4.69, 9.17) is 37.9 Å². The average molecular weight is 1010 g/mol. The van der Waals surface area contributed by atoms with Crippen LogP contribution in [0.1, 0.15) is 97.2 Å². The topological polar surface area (TPSA) is 73.8 Å². The molecule has 0 radical (unpaired) electrons. The van der Waals surface area contributed by atoms with Gasteiger partial charge in [-0.1, -0.05) is 251 Å². The van der Waals surface area contributed by atoms with Gasteiger partial charge in [0.25, 0.3) is 0 Å². The minimum atomic E-state index is -0.961. The zero-order valence-corrected chi connectivity index (χ0v) is 43.7. The standard InChI is InChI=1S/C67H76O8/c1-2-3-4-5-6-28-45-68-50-61-65(71-48-54-33-18-9-19-34-54)63(69-46-52-29-14-7-15-30-52)59(74-61)43-44-60-64(70-47-53-31-16-8-17-32-53)66(72-49-55-35-20-10-21-36-55)62(75-60)51-73-67(56-37-22-11-23-38-56,57-39-24-12-25-40-57)58-41-26-13-27-42-58/h7-27,29-42,59-66H,2-6,28,43-51H2,1H3/t59-,60-,61-,62-,63-,64-,65-,66-/m1/s1. The SMILES string of the molecule is CCCCCCCCOC[C@H]1O[C@H](CC[C@H]2O[C@H](COC(c3ccccc3)(c3ccccc3)c3ccccc3)[C@@H](OCc3ccccc3)[C@@H]2OCc2ccccc2)[C@@H](OCc2ccccc2)[C@@H]1OCc1ccccc1. The molecule has 0 bridgehead atoms. The lowest BCUT2D eigenvalue weighted by molar-refractivity contribution is -0.105. The molecule has 0 spiro atoms. The summed E-state index contributed by atoms with van der Waals surface area (Å²) in [5, 5.41) is 0. The average Bonchev–Trinajstić information content (AvgIpc) is 4.00. The van der Waals surface area contributed by atoms with E-state index in [1.165, 1.54) is 25.7 Å². The summed E-state index contributed by atoms with van der Waals surface area (Å²) < 4.78 is 56.4. The molecule has 8 heteroatoms. The van der Waals surface area contributed by atoms with Gasteiger partial charge in [0, 0.05) is 6.61 Å². The highest BCUT2D eigenvalue weighted by atomic mass is 16.6. The molecule has 2 heterocycles. The molecule has 2 aliphatic rings. The van der Waals surface area contributed by atoms with Crippen LogP contribution < -0.4 is 0 Å². The summed E-state index contributed by atoms with van der Waals surface area (Å²) in [6, 6.07) is 72.8.